The normalized spacial score (nSPS) is 21.8. The van der Waals surface area contributed by atoms with E-state index in [-0.39, 0.29) is 77.5 Å². The molecule has 0 spiro atoms. The molecule has 368 valence electrons. The molecule has 4 aliphatic rings. The highest BCUT2D eigenvalue weighted by Gasteiger charge is 2.50. The molecule has 3 aromatic carbocycles. The number of nitrogens with zero attached hydrogens (tertiary/aromatic N) is 5. The van der Waals surface area contributed by atoms with E-state index in [2.05, 4.69) is 10.9 Å². The zero-order valence-electron chi connectivity index (χ0n) is 39.2. The largest absolute Gasteiger partial charge is 0.516 e. The van der Waals surface area contributed by atoms with E-state index in [1.54, 1.807) is 37.5 Å². The lowest BCUT2D eigenvalue weighted by Crippen LogP contribution is -2.56. The molecular weight excluding hydrogens is 911 g/mol. The van der Waals surface area contributed by atoms with Crippen molar-refractivity contribution in [3.63, 3.8) is 0 Å². The lowest BCUT2D eigenvalue weighted by atomic mass is 9.92. The first-order chi connectivity index (χ1) is 32.8. The van der Waals surface area contributed by atoms with Crippen LogP contribution in [0.25, 0.3) is 32.8 Å². The first kappa shape index (κ1) is 48.8. The fourth-order valence-electron chi connectivity index (χ4n) is 9.89. The van der Waals surface area contributed by atoms with Crippen molar-refractivity contribution in [3.05, 3.63) is 47.3 Å². The van der Waals surface area contributed by atoms with E-state index < -0.39 is 107 Å². The summed E-state index contributed by atoms with van der Waals surface area (Å²) in [4.78, 5) is 65.5. The van der Waals surface area contributed by atoms with E-state index in [4.69, 9.17) is 44.6 Å². The zero-order valence-corrected chi connectivity index (χ0v) is 39.2. The Bertz CT molecular complexity index is 2740. The summed E-state index contributed by atoms with van der Waals surface area (Å²) in [5, 5.41) is -0.221. The van der Waals surface area contributed by atoms with Crippen LogP contribution < -0.4 is 19.1 Å². The minimum Gasteiger partial charge on any atom is -0.493 e. The van der Waals surface area contributed by atoms with Crippen molar-refractivity contribution >= 4 is 51.7 Å². The molecule has 2 bridgehead atoms. The van der Waals surface area contributed by atoms with Crippen LogP contribution in [0.3, 0.4) is 0 Å². The third-order valence-corrected chi connectivity index (χ3v) is 13.1. The molecule has 4 saturated heterocycles. The maximum atomic E-state index is 17.9. The third-order valence-electron chi connectivity index (χ3n) is 13.1. The van der Waals surface area contributed by atoms with Crippen LogP contribution in [0.15, 0.2) is 24.3 Å². The Labute approximate surface area is 395 Å². The SMILES string of the molecule is C#Cc1c(F)ccc2cc(OC(=O)OC(C)OC(=O)C(C)C)cc(-c3c(F)c(OC)c4c(N5C[C@H]6CC[C@@H](C5)N6C(=O)OC(C)OC(=O)C(C)C)nc(OC[C@@]56CCCN5C[C@H](F)C6)nc4c3F)c12. The third kappa shape index (κ3) is 9.44. The van der Waals surface area contributed by atoms with Crippen LogP contribution in [0.4, 0.5) is 33.0 Å². The Morgan fingerprint density at radius 2 is 1.54 bits per heavy atom. The quantitative estimate of drug-likeness (QED) is 0.0413. The van der Waals surface area contributed by atoms with Gasteiger partial charge < -0.3 is 38.1 Å². The maximum absolute atomic E-state index is 17.9. The predicted molar refractivity (Wildman–Crippen MR) is 241 cm³/mol. The van der Waals surface area contributed by atoms with E-state index >= 15 is 13.2 Å². The number of aromatic nitrogens is 2. The van der Waals surface area contributed by atoms with Crippen LogP contribution in [0.5, 0.6) is 17.5 Å². The topological polar surface area (TPSA) is 168 Å². The summed E-state index contributed by atoms with van der Waals surface area (Å²) in [5.74, 6) is -4.18. The summed E-state index contributed by atoms with van der Waals surface area (Å²) in [5.41, 5.74) is -2.67. The average molecular weight is 964 g/mol. The number of rotatable bonds is 13. The Morgan fingerprint density at radius 3 is 2.17 bits per heavy atom. The fourth-order valence-corrected chi connectivity index (χ4v) is 9.89. The number of hydrogen-bond acceptors (Lipinski definition) is 15. The molecule has 16 nitrogen and oxygen atoms in total. The number of halogens is 4. The number of esters is 2. The molecule has 20 heteroatoms. The maximum Gasteiger partial charge on any atom is 0.516 e. The molecule has 1 amide bonds. The van der Waals surface area contributed by atoms with Crippen LogP contribution in [0.2, 0.25) is 0 Å². The molecule has 0 aliphatic carbocycles. The predicted octanol–water partition coefficient (Wildman–Crippen LogP) is 8.21. The molecule has 0 radical (unpaired) electrons. The van der Waals surface area contributed by atoms with E-state index in [9.17, 15) is 23.6 Å². The number of anilines is 1. The minimum atomic E-state index is -1.38. The highest BCUT2D eigenvalue weighted by molar-refractivity contribution is 6.06. The average Bonchev–Trinajstić information content (AvgIpc) is 3.91. The van der Waals surface area contributed by atoms with Gasteiger partial charge in [-0.15, -0.1) is 6.42 Å². The standard InChI is InChI=1S/C49H53F4N5O11/c1-9-33-35(51)14-11-28-17-32(69-48(62)68-27(7)66-45(60)25(4)5)18-34(36(28)33)37-39(52)41-38(42(63-8)40(37)53)43(55-46(54-41)64-23-49-15-10-16-57(49)20-29(50)19-49)56-21-30-12-13-31(22-56)58(30)47(61)67-26(6)65-44(59)24(2)3/h1,11,14,17-18,24-27,29-31H,10,12-13,15-16,19-23H2,2-8H3/t26?,27?,29-,30-,31+,49+/m1/s1. The lowest BCUT2D eigenvalue weighted by molar-refractivity contribution is -0.171. The van der Waals surface area contributed by atoms with Crippen LogP contribution in [-0.4, -0.2) is 120 Å². The Morgan fingerprint density at radius 1 is 0.870 bits per heavy atom. The van der Waals surface area contributed by atoms with E-state index in [0.29, 0.717) is 25.8 Å². The van der Waals surface area contributed by atoms with Gasteiger partial charge in [0.2, 0.25) is 12.6 Å². The molecule has 69 heavy (non-hydrogen) atoms. The van der Waals surface area contributed by atoms with Gasteiger partial charge >= 0.3 is 30.2 Å². The van der Waals surface area contributed by atoms with Crippen molar-refractivity contribution in [3.8, 4) is 41.0 Å². The fraction of sp³-hybridized carbons (Fsp3) is 0.510. The number of methoxy groups -OCH3 is 1. The number of benzene rings is 3. The van der Waals surface area contributed by atoms with Crippen LogP contribution in [0.1, 0.15) is 79.2 Å². The molecule has 4 aromatic rings. The van der Waals surface area contributed by atoms with Crippen molar-refractivity contribution in [1.82, 2.24) is 19.8 Å². The Balaban J connectivity index is 1.24. The number of terminal acetylenes is 1. The summed E-state index contributed by atoms with van der Waals surface area (Å²) in [6.45, 7) is 10.3. The molecule has 4 fully saturated rings. The Hall–Kier alpha value is -6.62. The molecule has 6 atom stereocenters. The van der Waals surface area contributed by atoms with Gasteiger partial charge in [0.15, 0.2) is 17.4 Å². The van der Waals surface area contributed by atoms with Crippen molar-refractivity contribution in [2.45, 2.75) is 110 Å². The number of piperazine rings is 1. The van der Waals surface area contributed by atoms with Gasteiger partial charge in [0.1, 0.15) is 35.7 Å². The van der Waals surface area contributed by atoms with Gasteiger partial charge in [0, 0.05) is 50.9 Å². The van der Waals surface area contributed by atoms with Gasteiger partial charge in [0.25, 0.3) is 0 Å². The van der Waals surface area contributed by atoms with Crippen molar-refractivity contribution in [2.75, 3.05) is 44.8 Å². The Kier molecular flexibility index (Phi) is 13.7. The number of amides is 1. The second kappa shape index (κ2) is 19.4. The van der Waals surface area contributed by atoms with Gasteiger partial charge in [-0.25, -0.2) is 27.2 Å². The van der Waals surface area contributed by atoms with Gasteiger partial charge in [-0.1, -0.05) is 39.7 Å². The monoisotopic (exact) mass is 963 g/mol. The number of carbonyl (C=O) groups is 4. The first-order valence-corrected chi connectivity index (χ1v) is 22.9. The van der Waals surface area contributed by atoms with Crippen molar-refractivity contribution in [2.24, 2.45) is 11.8 Å². The molecule has 8 rings (SSSR count). The molecule has 1 aromatic heterocycles. The smallest absolute Gasteiger partial charge is 0.493 e. The summed E-state index contributed by atoms with van der Waals surface area (Å²) >= 11 is 0. The summed E-state index contributed by atoms with van der Waals surface area (Å²) in [6.07, 6.45) is 2.85. The highest BCUT2D eigenvalue weighted by atomic mass is 19.1. The van der Waals surface area contributed by atoms with Gasteiger partial charge in [-0.3, -0.25) is 19.4 Å². The molecule has 2 unspecified atom stereocenters. The van der Waals surface area contributed by atoms with Gasteiger partial charge in [-0.2, -0.15) is 9.97 Å². The second-order valence-electron chi connectivity index (χ2n) is 18.5. The van der Waals surface area contributed by atoms with Crippen molar-refractivity contribution in [1.29, 1.82) is 0 Å². The van der Waals surface area contributed by atoms with Crippen molar-refractivity contribution < 1.29 is 69.9 Å². The first-order valence-electron chi connectivity index (χ1n) is 22.9. The number of hydrogen-bond donors (Lipinski definition) is 0. The van der Waals surface area contributed by atoms with Crippen LogP contribution in [-0.2, 0) is 28.5 Å². The molecule has 4 aliphatic heterocycles. The van der Waals surface area contributed by atoms with E-state index in [1.807, 2.05) is 4.90 Å². The van der Waals surface area contributed by atoms with E-state index in [1.165, 1.54) is 26.0 Å². The zero-order chi connectivity index (χ0) is 49.6. The summed E-state index contributed by atoms with van der Waals surface area (Å²) in [7, 11) is 1.16. The number of ether oxygens (including phenoxy) is 7. The number of fused-ring (bicyclic) bond motifs is 5. The van der Waals surface area contributed by atoms with E-state index in [0.717, 1.165) is 25.7 Å². The second-order valence-corrected chi connectivity index (χ2v) is 18.5. The lowest BCUT2D eigenvalue weighted by Gasteiger charge is -2.41. The van der Waals surface area contributed by atoms with Gasteiger partial charge in [-0.05, 0) is 55.8 Å². The molecule has 0 saturated carbocycles. The summed E-state index contributed by atoms with van der Waals surface area (Å²) < 4.78 is 104. The highest BCUT2D eigenvalue weighted by Crippen LogP contribution is 2.48. The molecular formula is C49H53F4N5O11. The molecule has 0 N–H and O–H groups in total. The van der Waals surface area contributed by atoms with Crippen LogP contribution >= 0.6 is 0 Å². The number of alkyl halides is 1. The van der Waals surface area contributed by atoms with Crippen LogP contribution in [0, 0.1) is 41.6 Å². The minimum absolute atomic E-state index is 0.00301. The summed E-state index contributed by atoms with van der Waals surface area (Å²) in [6, 6.07) is 3.40. The van der Waals surface area contributed by atoms with Gasteiger partial charge in [0.05, 0.1) is 53.1 Å². The number of carbonyl (C=O) groups excluding carboxylic acids is 4. The molecule has 5 heterocycles.